The maximum atomic E-state index is 6.13. The number of nitrogens with zero attached hydrogens (tertiary/aromatic N) is 2. The Labute approximate surface area is 152 Å². The summed E-state index contributed by atoms with van der Waals surface area (Å²) >= 11 is 12.3. The standard InChI is InChI=1S/C15H24Cl2N5O2/c16-13-19-14(17)21-15(20-13,23-12-9-5-2-6-10-18-12)24-22-11-7-3-1-4-8-11/h13-14,20-21H,1-10H2/q-1/p+1. The molecule has 136 valence electrons. The molecule has 24 heavy (non-hydrogen) atoms. The van der Waals surface area contributed by atoms with E-state index in [0.29, 0.717) is 5.90 Å². The third kappa shape index (κ3) is 5.20. The Morgan fingerprint density at radius 1 is 1.00 bits per heavy atom. The molecule has 9 heteroatoms. The van der Waals surface area contributed by atoms with Gasteiger partial charge in [0.25, 0.3) is 0 Å². The molecule has 0 aromatic heterocycles. The van der Waals surface area contributed by atoms with E-state index in [2.05, 4.69) is 26.1 Å². The third-order valence-corrected chi connectivity index (χ3v) is 4.72. The number of hydrogen-bond donors (Lipinski definition) is 3. The zero-order chi connectivity index (χ0) is 16.8. The molecule has 2 atom stereocenters. The quantitative estimate of drug-likeness (QED) is 0.302. The minimum absolute atomic E-state index is 0.637. The Balaban J connectivity index is 1.73. The second kappa shape index (κ2) is 8.67. The molecule has 7 nitrogen and oxygen atoms in total. The fourth-order valence-corrected chi connectivity index (χ4v) is 3.58. The fraction of sp³-hybridized carbons (Fsp3) is 0.867. The van der Waals surface area contributed by atoms with Crippen molar-refractivity contribution in [1.29, 1.82) is 0 Å². The lowest BCUT2D eigenvalue weighted by Crippen LogP contribution is -2.84. The lowest BCUT2D eigenvalue weighted by Gasteiger charge is -2.46. The molecule has 1 saturated carbocycles. The van der Waals surface area contributed by atoms with Crippen molar-refractivity contribution in [2.45, 2.75) is 75.1 Å². The molecule has 3 rings (SSSR count). The summed E-state index contributed by atoms with van der Waals surface area (Å²) in [7, 11) is 0. The van der Waals surface area contributed by atoms with E-state index >= 15 is 0 Å². The van der Waals surface area contributed by atoms with Gasteiger partial charge in [-0.2, -0.15) is 4.84 Å². The molecule has 1 aliphatic carbocycles. The lowest BCUT2D eigenvalue weighted by molar-refractivity contribution is -0.799. The van der Waals surface area contributed by atoms with E-state index in [1.54, 1.807) is 0 Å². The monoisotopic (exact) mass is 377 g/mol. The van der Waals surface area contributed by atoms with Gasteiger partial charge in [0.05, 0.1) is 0 Å². The number of hydrogen-bond acceptors (Lipinski definition) is 5. The van der Waals surface area contributed by atoms with E-state index in [0.717, 1.165) is 50.8 Å². The fourth-order valence-electron chi connectivity index (χ4n) is 3.00. The summed E-state index contributed by atoms with van der Waals surface area (Å²) in [6.07, 6.45) is 9.60. The molecule has 3 N–H and O–H groups in total. The van der Waals surface area contributed by atoms with Gasteiger partial charge in [0, 0.05) is 37.1 Å². The van der Waals surface area contributed by atoms with Crippen LogP contribution < -0.4 is 15.8 Å². The number of rotatable bonds is 3. The number of nitrogens with one attached hydrogen (secondary N) is 3. The zero-order valence-corrected chi connectivity index (χ0v) is 15.2. The number of ether oxygens (including phenoxy) is 1. The van der Waals surface area contributed by atoms with Crippen molar-refractivity contribution in [2.75, 3.05) is 6.54 Å². The predicted octanol–water partition coefficient (Wildman–Crippen LogP) is 1.62. The largest absolute Gasteiger partial charge is 0.605 e. The number of aliphatic imine (C=N–C) groups is 1. The Morgan fingerprint density at radius 2 is 1.67 bits per heavy atom. The highest BCUT2D eigenvalue weighted by molar-refractivity contribution is 6.25. The van der Waals surface area contributed by atoms with Gasteiger partial charge < -0.3 is 10.1 Å². The SMILES string of the molecule is ClC1[N-]C(Cl)NC(O[NH+]=C2CCCCC2)(OC2=NCCCCC2)N1. The van der Waals surface area contributed by atoms with Crippen LogP contribution >= 0.6 is 23.2 Å². The molecule has 2 heterocycles. The van der Waals surface area contributed by atoms with Gasteiger partial charge in [-0.15, -0.1) is 23.2 Å². The van der Waals surface area contributed by atoms with E-state index in [4.69, 9.17) is 32.8 Å². The van der Waals surface area contributed by atoms with E-state index in [1.807, 2.05) is 0 Å². The summed E-state index contributed by atoms with van der Waals surface area (Å²) < 4.78 is 6.03. The van der Waals surface area contributed by atoms with E-state index in [-0.39, 0.29) is 0 Å². The topological polar surface area (TPSA) is 83.0 Å². The van der Waals surface area contributed by atoms with Gasteiger partial charge in [-0.05, 0) is 30.8 Å². The molecule has 0 aromatic rings. The van der Waals surface area contributed by atoms with E-state index in [1.165, 1.54) is 19.3 Å². The van der Waals surface area contributed by atoms with Crippen LogP contribution in [-0.4, -0.2) is 35.4 Å². The molecule has 0 aromatic carbocycles. The highest BCUT2D eigenvalue weighted by atomic mass is 35.5. The average molecular weight is 378 g/mol. The summed E-state index contributed by atoms with van der Waals surface area (Å²) in [4.78, 5) is 10.3. The summed E-state index contributed by atoms with van der Waals surface area (Å²) in [5, 5.41) is 13.0. The average Bonchev–Trinajstić information content (AvgIpc) is 2.82. The Morgan fingerprint density at radius 3 is 2.42 bits per heavy atom. The normalized spacial score (nSPS) is 34.9. The minimum Gasteiger partial charge on any atom is -0.605 e. The first-order valence-corrected chi connectivity index (χ1v) is 9.57. The van der Waals surface area contributed by atoms with Crippen LogP contribution in [0.5, 0.6) is 0 Å². The highest BCUT2D eigenvalue weighted by Gasteiger charge is 2.43. The number of alkyl halides is 2. The minimum atomic E-state index is -1.39. The zero-order valence-electron chi connectivity index (χ0n) is 13.7. The molecule has 2 fully saturated rings. The Hall–Kier alpha value is -0.600. The molecule has 2 unspecified atom stereocenters. The molecular formula is C15H25Cl2N5O2. The van der Waals surface area contributed by atoms with Crippen LogP contribution in [0.4, 0.5) is 0 Å². The highest BCUT2D eigenvalue weighted by Crippen LogP contribution is 2.23. The van der Waals surface area contributed by atoms with Crippen molar-refractivity contribution in [2.24, 2.45) is 4.99 Å². The Kier molecular flexibility index (Phi) is 6.57. The van der Waals surface area contributed by atoms with E-state index < -0.39 is 17.3 Å². The molecule has 0 bridgehead atoms. The Bertz CT molecular complexity index is 470. The number of halogens is 2. The van der Waals surface area contributed by atoms with Crippen molar-refractivity contribution in [3.05, 3.63) is 5.32 Å². The van der Waals surface area contributed by atoms with E-state index in [9.17, 15) is 0 Å². The predicted molar refractivity (Wildman–Crippen MR) is 93.6 cm³/mol. The molecule has 0 radical (unpaired) electrons. The summed E-state index contributed by atoms with van der Waals surface area (Å²) in [5.74, 6) is 0.637. The molecule has 0 amide bonds. The van der Waals surface area contributed by atoms with Crippen molar-refractivity contribution < 1.29 is 14.7 Å². The summed E-state index contributed by atoms with van der Waals surface area (Å²) in [6.45, 7) is 0.759. The first-order valence-electron chi connectivity index (χ1n) is 8.70. The van der Waals surface area contributed by atoms with Gasteiger partial charge in [0.1, 0.15) is 0 Å². The van der Waals surface area contributed by atoms with Crippen LogP contribution in [0.2, 0.25) is 0 Å². The van der Waals surface area contributed by atoms with Gasteiger partial charge in [-0.1, -0.05) is 12.8 Å². The lowest BCUT2D eigenvalue weighted by atomic mass is 9.99. The van der Waals surface area contributed by atoms with Crippen molar-refractivity contribution in [1.82, 2.24) is 10.6 Å². The molecular weight excluding hydrogens is 353 g/mol. The van der Waals surface area contributed by atoms with Crippen LogP contribution in [0.1, 0.15) is 57.8 Å². The second-order valence-electron chi connectivity index (χ2n) is 6.28. The molecule has 0 spiro atoms. The maximum Gasteiger partial charge on any atom is 0.441 e. The van der Waals surface area contributed by atoms with Gasteiger partial charge in [-0.3, -0.25) is 4.99 Å². The van der Waals surface area contributed by atoms with Crippen molar-refractivity contribution in [3.63, 3.8) is 0 Å². The first-order chi connectivity index (χ1) is 11.7. The van der Waals surface area contributed by atoms with Gasteiger partial charge in [0.15, 0.2) is 5.90 Å². The van der Waals surface area contributed by atoms with Gasteiger partial charge in [0.2, 0.25) is 5.71 Å². The smallest absolute Gasteiger partial charge is 0.441 e. The van der Waals surface area contributed by atoms with Crippen LogP contribution in [0.3, 0.4) is 0 Å². The van der Waals surface area contributed by atoms with Crippen LogP contribution in [0.25, 0.3) is 5.32 Å². The van der Waals surface area contributed by atoms with Crippen molar-refractivity contribution >= 4 is 34.8 Å². The molecule has 2 aliphatic heterocycles. The maximum absolute atomic E-state index is 6.13. The summed E-state index contributed by atoms with van der Waals surface area (Å²) in [5.41, 5.74) is -0.299. The van der Waals surface area contributed by atoms with Crippen LogP contribution in [0.15, 0.2) is 4.99 Å². The second-order valence-corrected chi connectivity index (χ2v) is 7.11. The van der Waals surface area contributed by atoms with Gasteiger partial charge in [-0.25, -0.2) is 10.6 Å². The molecule has 1 saturated heterocycles. The molecule has 3 aliphatic rings. The van der Waals surface area contributed by atoms with Crippen LogP contribution in [-0.2, 0) is 9.57 Å². The third-order valence-electron chi connectivity index (χ3n) is 4.27. The van der Waals surface area contributed by atoms with Crippen molar-refractivity contribution in [3.8, 4) is 0 Å². The summed E-state index contributed by atoms with van der Waals surface area (Å²) in [6, 6.07) is -1.39. The first kappa shape index (κ1) is 18.2. The van der Waals surface area contributed by atoms with Crippen LogP contribution in [0, 0.1) is 0 Å². The van der Waals surface area contributed by atoms with Gasteiger partial charge >= 0.3 is 6.03 Å².